The van der Waals surface area contributed by atoms with Crippen LogP contribution in [0.2, 0.25) is 0 Å². The van der Waals surface area contributed by atoms with Crippen LogP contribution in [0.4, 0.5) is 0 Å². The Kier molecular flexibility index (Phi) is 6.28. The van der Waals surface area contributed by atoms with Gasteiger partial charge in [0.2, 0.25) is 0 Å². The van der Waals surface area contributed by atoms with Crippen LogP contribution >= 0.6 is 0 Å². The van der Waals surface area contributed by atoms with Gasteiger partial charge in [-0.25, -0.2) is 10.9 Å². The topological polar surface area (TPSA) is 76.8 Å². The molecule has 0 radical (unpaired) electrons. The Morgan fingerprint density at radius 3 is 2.42 bits per heavy atom. The van der Waals surface area contributed by atoms with E-state index in [4.69, 9.17) is 15.3 Å². The second kappa shape index (κ2) is 9.27. The van der Waals surface area contributed by atoms with Gasteiger partial charge in [0.1, 0.15) is 23.1 Å². The third-order valence-electron chi connectivity index (χ3n) is 5.94. The molecule has 1 aliphatic carbocycles. The standard InChI is InChI=1S/C25H29N3O3/c1-3-22-27-24(23(25(29)28(22)26)17-8-5-4-6-9-17)18-12-14-19(15-13-18)31-21-11-7-10-20(16-21)30-2/h3,7,10-17,27H,4-6,8-9,26H2,1-2H3/b22-3-. The molecule has 0 spiro atoms. The Morgan fingerprint density at radius 1 is 1.03 bits per heavy atom. The Morgan fingerprint density at radius 2 is 1.74 bits per heavy atom. The fourth-order valence-electron chi connectivity index (χ4n) is 4.30. The fraction of sp³-hybridized carbons (Fsp3) is 0.320. The average Bonchev–Trinajstić information content (AvgIpc) is 2.82. The van der Waals surface area contributed by atoms with Crippen LogP contribution < -0.4 is 20.6 Å². The molecular weight excluding hydrogens is 390 g/mol. The number of hydrogen-bond acceptors (Lipinski definition) is 5. The molecule has 1 saturated carbocycles. The second-order valence-corrected chi connectivity index (χ2v) is 7.90. The summed E-state index contributed by atoms with van der Waals surface area (Å²) in [6.07, 6.45) is 7.36. The molecule has 2 aromatic rings. The molecule has 2 aromatic carbocycles. The van der Waals surface area contributed by atoms with E-state index in [1.165, 1.54) is 11.4 Å². The molecule has 1 heterocycles. The van der Waals surface area contributed by atoms with Crippen molar-refractivity contribution in [1.29, 1.82) is 0 Å². The summed E-state index contributed by atoms with van der Waals surface area (Å²) in [5, 5.41) is 4.62. The van der Waals surface area contributed by atoms with E-state index in [0.717, 1.165) is 48.3 Å². The number of benzene rings is 2. The Hall–Kier alpha value is -3.25. The number of allylic oxidation sites excluding steroid dienone is 1. The molecule has 0 atom stereocenters. The number of carbonyl (C=O) groups is 1. The largest absolute Gasteiger partial charge is 0.497 e. The molecule has 3 N–H and O–H groups in total. The maximum Gasteiger partial charge on any atom is 0.272 e. The first-order chi connectivity index (χ1) is 15.1. The number of amides is 1. The molecule has 6 heteroatoms. The van der Waals surface area contributed by atoms with E-state index in [-0.39, 0.29) is 11.8 Å². The highest BCUT2D eigenvalue weighted by Crippen LogP contribution is 2.37. The van der Waals surface area contributed by atoms with Crippen LogP contribution in [-0.2, 0) is 4.79 Å². The molecule has 0 bridgehead atoms. The number of rotatable bonds is 5. The van der Waals surface area contributed by atoms with Crippen molar-refractivity contribution < 1.29 is 14.3 Å². The van der Waals surface area contributed by atoms with Crippen molar-refractivity contribution in [3.63, 3.8) is 0 Å². The smallest absolute Gasteiger partial charge is 0.272 e. The minimum absolute atomic E-state index is 0.120. The first kappa shape index (κ1) is 21.0. The zero-order chi connectivity index (χ0) is 21.8. The second-order valence-electron chi connectivity index (χ2n) is 7.90. The molecule has 0 unspecified atom stereocenters. The van der Waals surface area contributed by atoms with Gasteiger partial charge in [0.25, 0.3) is 5.91 Å². The fourth-order valence-corrected chi connectivity index (χ4v) is 4.30. The van der Waals surface area contributed by atoms with Gasteiger partial charge in [-0.3, -0.25) is 4.79 Å². The maximum atomic E-state index is 13.2. The third kappa shape index (κ3) is 4.44. The van der Waals surface area contributed by atoms with Crippen LogP contribution in [0.15, 0.2) is 66.0 Å². The highest BCUT2D eigenvalue weighted by molar-refractivity contribution is 6.04. The van der Waals surface area contributed by atoms with E-state index in [2.05, 4.69) is 5.32 Å². The van der Waals surface area contributed by atoms with Crippen molar-refractivity contribution in [1.82, 2.24) is 10.3 Å². The first-order valence-electron chi connectivity index (χ1n) is 10.8. The number of hydrazine groups is 1. The molecule has 2 aliphatic rings. The third-order valence-corrected chi connectivity index (χ3v) is 5.94. The predicted molar refractivity (Wildman–Crippen MR) is 121 cm³/mol. The van der Waals surface area contributed by atoms with Crippen molar-refractivity contribution in [2.45, 2.75) is 39.0 Å². The SMILES string of the molecule is C/C=C1/NC(c2ccc(Oc3cccc(OC)c3)cc2)=C(C2CCCCC2)C(=O)N1N. The lowest BCUT2D eigenvalue weighted by Gasteiger charge is -2.35. The number of nitrogens with two attached hydrogens (primary N) is 1. The molecule has 0 aromatic heterocycles. The Labute approximate surface area is 183 Å². The molecule has 1 aliphatic heterocycles. The number of carbonyl (C=O) groups excluding carboxylic acids is 1. The van der Waals surface area contributed by atoms with Crippen LogP contribution in [0.25, 0.3) is 5.70 Å². The van der Waals surface area contributed by atoms with Gasteiger partial charge in [0.15, 0.2) is 0 Å². The number of hydrogen-bond donors (Lipinski definition) is 2. The maximum absolute atomic E-state index is 13.2. The van der Waals surface area contributed by atoms with Gasteiger partial charge >= 0.3 is 0 Å². The van der Waals surface area contributed by atoms with Gasteiger partial charge in [-0.15, -0.1) is 0 Å². The molecule has 6 nitrogen and oxygen atoms in total. The van der Waals surface area contributed by atoms with Crippen LogP contribution in [0.3, 0.4) is 0 Å². The number of methoxy groups -OCH3 is 1. The number of ether oxygens (including phenoxy) is 2. The predicted octanol–water partition coefficient (Wildman–Crippen LogP) is 4.95. The van der Waals surface area contributed by atoms with Crippen LogP contribution in [0.1, 0.15) is 44.6 Å². The summed E-state index contributed by atoms with van der Waals surface area (Å²) in [4.78, 5) is 13.2. The van der Waals surface area contributed by atoms with E-state index >= 15 is 0 Å². The van der Waals surface area contributed by atoms with Crippen molar-refractivity contribution in [2.24, 2.45) is 11.8 Å². The Balaban J connectivity index is 1.65. The Bertz CT molecular complexity index is 1000. The van der Waals surface area contributed by atoms with Gasteiger partial charge in [0.05, 0.1) is 12.8 Å². The van der Waals surface area contributed by atoms with Crippen molar-refractivity contribution in [2.75, 3.05) is 7.11 Å². The van der Waals surface area contributed by atoms with E-state index in [0.29, 0.717) is 17.3 Å². The van der Waals surface area contributed by atoms with Crippen molar-refractivity contribution in [3.05, 3.63) is 71.6 Å². The van der Waals surface area contributed by atoms with Crippen LogP contribution in [0, 0.1) is 5.92 Å². The van der Waals surface area contributed by atoms with Crippen LogP contribution in [0.5, 0.6) is 17.2 Å². The van der Waals surface area contributed by atoms with Gasteiger partial charge in [-0.1, -0.05) is 25.3 Å². The average molecular weight is 420 g/mol. The number of nitrogens with zero attached hydrogens (tertiary/aromatic N) is 1. The monoisotopic (exact) mass is 419 g/mol. The summed E-state index contributed by atoms with van der Waals surface area (Å²) < 4.78 is 11.2. The summed E-state index contributed by atoms with van der Waals surface area (Å²) in [6.45, 7) is 1.86. The van der Waals surface area contributed by atoms with Gasteiger partial charge in [-0.2, -0.15) is 0 Å². The zero-order valence-electron chi connectivity index (χ0n) is 18.1. The van der Waals surface area contributed by atoms with Gasteiger partial charge < -0.3 is 14.8 Å². The minimum Gasteiger partial charge on any atom is -0.497 e. The normalized spacial score (nSPS) is 18.9. The van der Waals surface area contributed by atoms with E-state index < -0.39 is 0 Å². The minimum atomic E-state index is -0.120. The summed E-state index contributed by atoms with van der Waals surface area (Å²) in [5.41, 5.74) is 2.58. The summed E-state index contributed by atoms with van der Waals surface area (Å²) >= 11 is 0. The molecule has 1 amide bonds. The lowest BCUT2D eigenvalue weighted by Crippen LogP contribution is -2.48. The van der Waals surface area contributed by atoms with Gasteiger partial charge in [0, 0.05) is 11.6 Å². The van der Waals surface area contributed by atoms with Crippen LogP contribution in [-0.4, -0.2) is 18.0 Å². The summed E-state index contributed by atoms with van der Waals surface area (Å²) in [7, 11) is 1.63. The quantitative estimate of drug-likeness (QED) is 0.530. The van der Waals surface area contributed by atoms with E-state index in [1.807, 2.05) is 61.5 Å². The first-order valence-corrected chi connectivity index (χ1v) is 10.8. The molecule has 31 heavy (non-hydrogen) atoms. The number of nitrogens with one attached hydrogen (secondary N) is 1. The van der Waals surface area contributed by atoms with Crippen molar-refractivity contribution >= 4 is 11.6 Å². The molecule has 162 valence electrons. The van der Waals surface area contributed by atoms with E-state index in [1.54, 1.807) is 7.11 Å². The summed E-state index contributed by atoms with van der Waals surface area (Å²) in [5.74, 6) is 8.95. The molecular formula is C25H29N3O3. The molecule has 4 rings (SSSR count). The zero-order valence-corrected chi connectivity index (χ0v) is 18.1. The van der Waals surface area contributed by atoms with Gasteiger partial charge in [-0.05, 0) is 73.7 Å². The molecule has 1 fully saturated rings. The van der Waals surface area contributed by atoms with Crippen molar-refractivity contribution in [3.8, 4) is 17.2 Å². The summed E-state index contributed by atoms with van der Waals surface area (Å²) in [6, 6.07) is 15.3. The lowest BCUT2D eigenvalue weighted by atomic mass is 9.81. The highest BCUT2D eigenvalue weighted by atomic mass is 16.5. The lowest BCUT2D eigenvalue weighted by molar-refractivity contribution is -0.126. The van der Waals surface area contributed by atoms with E-state index in [9.17, 15) is 4.79 Å². The molecule has 0 saturated heterocycles. The highest BCUT2D eigenvalue weighted by Gasteiger charge is 2.34.